The molecule has 172 valence electrons. The summed E-state index contributed by atoms with van der Waals surface area (Å²) in [5.41, 5.74) is 1.90. The first-order valence-corrected chi connectivity index (χ1v) is 12.4. The Morgan fingerprint density at radius 3 is 2.55 bits per heavy atom. The second-order valence-corrected chi connectivity index (χ2v) is 9.27. The molecule has 33 heavy (non-hydrogen) atoms. The van der Waals surface area contributed by atoms with E-state index in [0.717, 1.165) is 37.1 Å². The van der Waals surface area contributed by atoms with Crippen LogP contribution in [-0.4, -0.2) is 38.4 Å². The molecule has 2 amide bonds. The Morgan fingerprint density at radius 2 is 1.82 bits per heavy atom. The Kier molecular flexibility index (Phi) is 7.67. The summed E-state index contributed by atoms with van der Waals surface area (Å²) in [5.74, 6) is 0.520. The van der Waals surface area contributed by atoms with Crippen LogP contribution in [0.2, 0.25) is 5.02 Å². The van der Waals surface area contributed by atoms with E-state index in [9.17, 15) is 9.59 Å². The van der Waals surface area contributed by atoms with Crippen LogP contribution in [0.3, 0.4) is 0 Å². The first-order valence-electron chi connectivity index (χ1n) is 11.1. The lowest BCUT2D eigenvalue weighted by Crippen LogP contribution is -2.33. The molecule has 2 N–H and O–H groups in total. The quantitative estimate of drug-likeness (QED) is 0.439. The Bertz CT molecular complexity index is 1130. The minimum absolute atomic E-state index is 0.149. The number of halogens is 1. The van der Waals surface area contributed by atoms with Crippen LogP contribution in [0.15, 0.2) is 53.7 Å². The van der Waals surface area contributed by atoms with Crippen molar-refractivity contribution in [1.29, 1.82) is 0 Å². The minimum atomic E-state index is -0.209. The molecule has 2 aromatic carbocycles. The number of benzene rings is 2. The highest BCUT2D eigenvalue weighted by molar-refractivity contribution is 7.99. The lowest BCUT2D eigenvalue weighted by Gasteiger charge is -2.15. The van der Waals surface area contributed by atoms with Crippen LogP contribution in [0.25, 0.3) is 11.4 Å². The lowest BCUT2D eigenvalue weighted by atomic mass is 10.1. The van der Waals surface area contributed by atoms with Gasteiger partial charge < -0.3 is 15.2 Å². The highest BCUT2D eigenvalue weighted by Crippen LogP contribution is 2.26. The van der Waals surface area contributed by atoms with Crippen molar-refractivity contribution in [2.75, 3.05) is 11.1 Å². The molecular formula is C24H26ClN5O2S. The molecule has 0 aliphatic heterocycles. The molecule has 0 bridgehead atoms. The van der Waals surface area contributed by atoms with Crippen molar-refractivity contribution >= 4 is 40.9 Å². The van der Waals surface area contributed by atoms with Gasteiger partial charge in [-0.2, -0.15) is 0 Å². The fourth-order valence-corrected chi connectivity index (χ4v) is 4.86. The van der Waals surface area contributed by atoms with E-state index in [0.29, 0.717) is 28.0 Å². The first kappa shape index (κ1) is 23.3. The van der Waals surface area contributed by atoms with E-state index < -0.39 is 0 Å². The van der Waals surface area contributed by atoms with Crippen LogP contribution in [0.5, 0.6) is 0 Å². The van der Waals surface area contributed by atoms with E-state index in [1.165, 1.54) is 11.8 Å². The Hall–Kier alpha value is -2.84. The van der Waals surface area contributed by atoms with E-state index in [2.05, 4.69) is 20.8 Å². The van der Waals surface area contributed by atoms with E-state index in [1.54, 1.807) is 24.3 Å². The van der Waals surface area contributed by atoms with E-state index in [1.807, 2.05) is 35.8 Å². The zero-order chi connectivity index (χ0) is 23.2. The largest absolute Gasteiger partial charge is 0.349 e. The summed E-state index contributed by atoms with van der Waals surface area (Å²) in [6.45, 7) is 2.67. The van der Waals surface area contributed by atoms with Gasteiger partial charge in [0.05, 0.1) is 17.0 Å². The summed E-state index contributed by atoms with van der Waals surface area (Å²) in [6.07, 6.45) is 4.30. The summed E-state index contributed by atoms with van der Waals surface area (Å²) in [6, 6.07) is 14.7. The summed E-state index contributed by atoms with van der Waals surface area (Å²) in [4.78, 5) is 25.4. The van der Waals surface area contributed by atoms with Gasteiger partial charge in [-0.1, -0.05) is 48.3 Å². The van der Waals surface area contributed by atoms with Crippen LogP contribution in [0.1, 0.15) is 43.0 Å². The summed E-state index contributed by atoms with van der Waals surface area (Å²) in [7, 11) is 0. The third-order valence-corrected chi connectivity index (χ3v) is 6.82. The van der Waals surface area contributed by atoms with Crippen molar-refractivity contribution in [1.82, 2.24) is 20.1 Å². The number of carbonyl (C=O) groups excluding carboxylic acids is 2. The maximum absolute atomic E-state index is 12.7. The number of hydrogen-bond donors (Lipinski definition) is 2. The van der Waals surface area contributed by atoms with Gasteiger partial charge in [-0.15, -0.1) is 10.2 Å². The normalized spacial score (nSPS) is 13.8. The van der Waals surface area contributed by atoms with Gasteiger partial charge in [-0.3, -0.25) is 9.59 Å². The van der Waals surface area contributed by atoms with E-state index in [-0.39, 0.29) is 23.6 Å². The van der Waals surface area contributed by atoms with Crippen molar-refractivity contribution in [3.8, 4) is 11.4 Å². The number of para-hydroxylation sites is 1. The van der Waals surface area contributed by atoms with Gasteiger partial charge in [0.15, 0.2) is 11.0 Å². The van der Waals surface area contributed by atoms with Crippen LogP contribution < -0.4 is 10.6 Å². The van der Waals surface area contributed by atoms with Crippen molar-refractivity contribution in [2.45, 2.75) is 50.4 Å². The second-order valence-electron chi connectivity index (χ2n) is 7.89. The van der Waals surface area contributed by atoms with Gasteiger partial charge in [0.2, 0.25) is 5.91 Å². The smallest absolute Gasteiger partial charge is 0.253 e. The molecule has 1 heterocycles. The van der Waals surface area contributed by atoms with Gasteiger partial charge >= 0.3 is 0 Å². The fourth-order valence-electron chi connectivity index (χ4n) is 3.93. The van der Waals surface area contributed by atoms with Crippen LogP contribution in [0.4, 0.5) is 5.69 Å². The number of anilines is 1. The highest BCUT2D eigenvalue weighted by atomic mass is 35.5. The molecule has 7 nitrogen and oxygen atoms in total. The third kappa shape index (κ3) is 5.75. The predicted octanol–water partition coefficient (Wildman–Crippen LogP) is 5.02. The maximum Gasteiger partial charge on any atom is 0.253 e. The molecule has 0 saturated heterocycles. The lowest BCUT2D eigenvalue weighted by molar-refractivity contribution is -0.113. The number of nitrogens with one attached hydrogen (secondary N) is 2. The summed E-state index contributed by atoms with van der Waals surface area (Å²) < 4.78 is 1.96. The van der Waals surface area contributed by atoms with Gasteiger partial charge in [0, 0.05) is 23.2 Å². The number of hydrogen-bond acceptors (Lipinski definition) is 5. The SMILES string of the molecule is CCn1c(SCC(=O)Nc2ccccc2C(=O)NC2CCCC2)nnc1-c1ccc(Cl)cc1. The molecule has 0 spiro atoms. The molecule has 3 aromatic rings. The summed E-state index contributed by atoms with van der Waals surface area (Å²) >= 11 is 7.29. The Morgan fingerprint density at radius 1 is 1.09 bits per heavy atom. The Balaban J connectivity index is 1.40. The predicted molar refractivity (Wildman–Crippen MR) is 132 cm³/mol. The van der Waals surface area contributed by atoms with Gasteiger partial charge in [-0.25, -0.2) is 0 Å². The number of nitrogens with zero attached hydrogens (tertiary/aromatic N) is 3. The zero-order valence-corrected chi connectivity index (χ0v) is 20.0. The van der Waals surface area contributed by atoms with E-state index >= 15 is 0 Å². The first-order chi connectivity index (χ1) is 16.0. The molecule has 1 aromatic heterocycles. The maximum atomic E-state index is 12.7. The van der Waals surface area contributed by atoms with Crippen LogP contribution in [0, 0.1) is 0 Å². The van der Waals surface area contributed by atoms with Gasteiger partial charge in [-0.05, 0) is 56.2 Å². The molecule has 1 aliphatic carbocycles. The Labute approximate surface area is 202 Å². The van der Waals surface area contributed by atoms with Crippen molar-refractivity contribution in [2.24, 2.45) is 0 Å². The van der Waals surface area contributed by atoms with Gasteiger partial charge in [0.1, 0.15) is 0 Å². The molecule has 1 fully saturated rings. The average molecular weight is 484 g/mol. The number of aromatic nitrogens is 3. The van der Waals surface area contributed by atoms with Crippen molar-refractivity contribution in [3.05, 3.63) is 59.1 Å². The number of carbonyl (C=O) groups is 2. The second kappa shape index (κ2) is 10.9. The van der Waals surface area contributed by atoms with Crippen molar-refractivity contribution < 1.29 is 9.59 Å². The fraction of sp³-hybridized carbons (Fsp3) is 0.333. The van der Waals surface area contributed by atoms with Gasteiger partial charge in [0.25, 0.3) is 5.91 Å². The monoisotopic (exact) mass is 483 g/mol. The molecular weight excluding hydrogens is 458 g/mol. The number of amides is 2. The summed E-state index contributed by atoms with van der Waals surface area (Å²) in [5, 5.41) is 15.8. The van der Waals surface area contributed by atoms with Crippen LogP contribution >= 0.6 is 23.4 Å². The minimum Gasteiger partial charge on any atom is -0.349 e. The average Bonchev–Trinajstić information content (AvgIpc) is 3.48. The van der Waals surface area contributed by atoms with E-state index in [4.69, 9.17) is 11.6 Å². The molecule has 0 unspecified atom stereocenters. The van der Waals surface area contributed by atoms with Crippen molar-refractivity contribution in [3.63, 3.8) is 0 Å². The zero-order valence-electron chi connectivity index (χ0n) is 18.4. The topological polar surface area (TPSA) is 88.9 Å². The molecule has 1 saturated carbocycles. The van der Waals surface area contributed by atoms with Crippen LogP contribution in [-0.2, 0) is 11.3 Å². The molecule has 4 rings (SSSR count). The molecule has 1 aliphatic rings. The number of thioether (sulfide) groups is 1. The highest BCUT2D eigenvalue weighted by Gasteiger charge is 2.20. The molecule has 0 radical (unpaired) electrons. The molecule has 0 atom stereocenters. The third-order valence-electron chi connectivity index (χ3n) is 5.60. The standard InChI is InChI=1S/C24H26ClN5O2S/c1-2-30-22(16-11-13-17(25)14-12-16)28-29-24(30)33-15-21(31)27-20-10-6-5-9-19(20)23(32)26-18-7-3-4-8-18/h5-6,9-14,18H,2-4,7-8,15H2,1H3,(H,26,32)(H,27,31). The number of rotatable bonds is 8. The molecule has 9 heteroatoms.